The number of rotatable bonds is 5. The molecule has 0 radical (unpaired) electrons. The van der Waals surface area contributed by atoms with Crippen LogP contribution in [0.25, 0.3) is 0 Å². The molecule has 0 spiro atoms. The quantitative estimate of drug-likeness (QED) is 0.834. The Bertz CT molecular complexity index is 370. The molecule has 2 N–H and O–H groups in total. The highest BCUT2D eigenvalue weighted by Crippen LogP contribution is 2.15. The molecule has 94 valence electrons. The molecule has 1 unspecified atom stereocenters. The molecule has 1 saturated heterocycles. The van der Waals surface area contributed by atoms with E-state index in [0.717, 1.165) is 32.4 Å². The number of halogens is 1. The molecule has 1 aromatic rings. The van der Waals surface area contributed by atoms with Crippen molar-refractivity contribution >= 4 is 23.5 Å². The smallest absolute Gasteiger partial charge is 0.228 e. The van der Waals surface area contributed by atoms with Crippen LogP contribution in [-0.4, -0.2) is 41.3 Å². The summed E-state index contributed by atoms with van der Waals surface area (Å²) in [5.74, 6) is 0.956. The predicted octanol–water partition coefficient (Wildman–Crippen LogP) is 1.55. The summed E-state index contributed by atoms with van der Waals surface area (Å²) in [4.78, 5) is 12.0. The number of ether oxygens (including phenoxy) is 1. The Morgan fingerprint density at radius 3 is 2.88 bits per heavy atom. The fourth-order valence-corrected chi connectivity index (χ4v) is 1.92. The van der Waals surface area contributed by atoms with Crippen molar-refractivity contribution in [2.75, 3.05) is 30.8 Å². The topological polar surface area (TPSA) is 72.0 Å². The Hall–Kier alpha value is -1.14. The van der Waals surface area contributed by atoms with Crippen molar-refractivity contribution in [3.8, 4) is 0 Å². The standard InChI is InChI=1S/C10H16ClN5O/c1-12-9-14-8(11)15-10(16-9)13-5-4-7-3-2-6-17-7/h7H,2-6H2,1H3,(H2,12,13,14,15,16). The van der Waals surface area contributed by atoms with Crippen molar-refractivity contribution in [3.05, 3.63) is 5.28 Å². The van der Waals surface area contributed by atoms with Gasteiger partial charge in [0.15, 0.2) is 0 Å². The lowest BCUT2D eigenvalue weighted by molar-refractivity contribution is 0.107. The van der Waals surface area contributed by atoms with E-state index in [4.69, 9.17) is 16.3 Å². The lowest BCUT2D eigenvalue weighted by Crippen LogP contribution is -2.14. The van der Waals surface area contributed by atoms with Crippen molar-refractivity contribution < 1.29 is 4.74 Å². The van der Waals surface area contributed by atoms with Gasteiger partial charge in [-0.05, 0) is 30.9 Å². The zero-order valence-electron chi connectivity index (χ0n) is 9.74. The van der Waals surface area contributed by atoms with Crippen molar-refractivity contribution in [1.29, 1.82) is 0 Å². The third-order valence-corrected chi connectivity index (χ3v) is 2.77. The maximum atomic E-state index is 5.77. The largest absolute Gasteiger partial charge is 0.378 e. The second kappa shape index (κ2) is 5.97. The molecule has 1 fully saturated rings. The molecule has 1 aliphatic rings. The van der Waals surface area contributed by atoms with Crippen LogP contribution in [0.5, 0.6) is 0 Å². The van der Waals surface area contributed by atoms with Crippen LogP contribution < -0.4 is 10.6 Å². The zero-order valence-corrected chi connectivity index (χ0v) is 10.5. The summed E-state index contributed by atoms with van der Waals surface area (Å²) in [5, 5.41) is 6.13. The van der Waals surface area contributed by atoms with Crippen LogP contribution in [-0.2, 0) is 4.74 Å². The number of hydrogen-bond acceptors (Lipinski definition) is 6. The van der Waals surface area contributed by atoms with Gasteiger partial charge in [0.2, 0.25) is 17.2 Å². The number of nitrogens with zero attached hydrogens (tertiary/aromatic N) is 3. The van der Waals surface area contributed by atoms with Crippen molar-refractivity contribution in [3.63, 3.8) is 0 Å². The predicted molar refractivity (Wildman–Crippen MR) is 66.5 cm³/mol. The summed E-state index contributed by atoms with van der Waals surface area (Å²) in [7, 11) is 1.74. The minimum Gasteiger partial charge on any atom is -0.378 e. The first kappa shape index (κ1) is 12.3. The molecule has 0 saturated carbocycles. The molecule has 0 bridgehead atoms. The van der Waals surface area contributed by atoms with E-state index in [0.29, 0.717) is 18.0 Å². The van der Waals surface area contributed by atoms with E-state index >= 15 is 0 Å². The normalized spacial score (nSPS) is 19.3. The van der Waals surface area contributed by atoms with E-state index in [1.165, 1.54) is 0 Å². The van der Waals surface area contributed by atoms with Crippen molar-refractivity contribution in [1.82, 2.24) is 15.0 Å². The first-order valence-electron chi connectivity index (χ1n) is 5.73. The maximum absolute atomic E-state index is 5.77. The number of hydrogen-bond donors (Lipinski definition) is 2. The Labute approximate surface area is 105 Å². The van der Waals surface area contributed by atoms with Gasteiger partial charge in [-0.2, -0.15) is 15.0 Å². The molecule has 1 aromatic heterocycles. The third kappa shape index (κ3) is 3.67. The van der Waals surface area contributed by atoms with Crippen LogP contribution >= 0.6 is 11.6 Å². The third-order valence-electron chi connectivity index (χ3n) is 2.61. The van der Waals surface area contributed by atoms with Gasteiger partial charge in [0, 0.05) is 20.2 Å². The Morgan fingerprint density at radius 2 is 2.18 bits per heavy atom. The molecule has 0 aliphatic carbocycles. The van der Waals surface area contributed by atoms with E-state index in [2.05, 4.69) is 25.6 Å². The van der Waals surface area contributed by atoms with Gasteiger partial charge in [-0.25, -0.2) is 0 Å². The lowest BCUT2D eigenvalue weighted by Gasteiger charge is -2.10. The van der Waals surface area contributed by atoms with Crippen LogP contribution in [0.4, 0.5) is 11.9 Å². The van der Waals surface area contributed by atoms with E-state index in [1.54, 1.807) is 7.05 Å². The highest BCUT2D eigenvalue weighted by atomic mass is 35.5. The monoisotopic (exact) mass is 257 g/mol. The Morgan fingerprint density at radius 1 is 1.35 bits per heavy atom. The van der Waals surface area contributed by atoms with Gasteiger partial charge in [0.05, 0.1) is 6.10 Å². The number of nitrogens with one attached hydrogen (secondary N) is 2. The molecule has 6 nitrogen and oxygen atoms in total. The summed E-state index contributed by atoms with van der Waals surface area (Å²) < 4.78 is 5.53. The molecule has 17 heavy (non-hydrogen) atoms. The summed E-state index contributed by atoms with van der Waals surface area (Å²) in [6, 6.07) is 0. The molecule has 0 aromatic carbocycles. The molecule has 2 heterocycles. The first-order chi connectivity index (χ1) is 8.28. The molecule has 2 rings (SSSR count). The summed E-state index contributed by atoms with van der Waals surface area (Å²) in [6.45, 7) is 1.65. The maximum Gasteiger partial charge on any atom is 0.228 e. The van der Waals surface area contributed by atoms with Crippen LogP contribution in [0.2, 0.25) is 5.28 Å². The van der Waals surface area contributed by atoms with E-state index in [9.17, 15) is 0 Å². The fourth-order valence-electron chi connectivity index (χ4n) is 1.76. The number of aromatic nitrogens is 3. The highest BCUT2D eigenvalue weighted by molar-refractivity contribution is 6.28. The average Bonchev–Trinajstić information content (AvgIpc) is 2.81. The average molecular weight is 258 g/mol. The van der Waals surface area contributed by atoms with Crippen LogP contribution in [0, 0.1) is 0 Å². The van der Waals surface area contributed by atoms with Crippen LogP contribution in [0.15, 0.2) is 0 Å². The minimum atomic E-state index is 0.184. The zero-order chi connectivity index (χ0) is 12.1. The second-order valence-electron chi connectivity index (χ2n) is 3.85. The van der Waals surface area contributed by atoms with Crippen molar-refractivity contribution in [2.45, 2.75) is 25.4 Å². The SMILES string of the molecule is CNc1nc(Cl)nc(NCCC2CCCO2)n1. The Kier molecular flexibility index (Phi) is 4.33. The molecular weight excluding hydrogens is 242 g/mol. The molecule has 1 aliphatic heterocycles. The highest BCUT2D eigenvalue weighted by Gasteiger charge is 2.14. The van der Waals surface area contributed by atoms with E-state index in [-0.39, 0.29) is 5.28 Å². The van der Waals surface area contributed by atoms with Gasteiger partial charge in [-0.3, -0.25) is 0 Å². The van der Waals surface area contributed by atoms with Gasteiger partial charge in [0.25, 0.3) is 0 Å². The van der Waals surface area contributed by atoms with Gasteiger partial charge >= 0.3 is 0 Å². The number of anilines is 2. The van der Waals surface area contributed by atoms with Crippen LogP contribution in [0.1, 0.15) is 19.3 Å². The first-order valence-corrected chi connectivity index (χ1v) is 6.10. The molecule has 0 amide bonds. The van der Waals surface area contributed by atoms with Gasteiger partial charge in [-0.15, -0.1) is 0 Å². The second-order valence-corrected chi connectivity index (χ2v) is 4.19. The molecule has 1 atom stereocenters. The summed E-state index contributed by atoms with van der Waals surface area (Å²) in [5.41, 5.74) is 0. The van der Waals surface area contributed by atoms with Gasteiger partial charge in [0.1, 0.15) is 0 Å². The Balaban J connectivity index is 1.83. The summed E-state index contributed by atoms with van der Waals surface area (Å²) >= 11 is 5.77. The minimum absolute atomic E-state index is 0.184. The van der Waals surface area contributed by atoms with E-state index < -0.39 is 0 Å². The summed E-state index contributed by atoms with van der Waals surface area (Å²) in [6.07, 6.45) is 3.62. The lowest BCUT2D eigenvalue weighted by atomic mass is 10.2. The van der Waals surface area contributed by atoms with Gasteiger partial charge in [-0.1, -0.05) is 0 Å². The van der Waals surface area contributed by atoms with Crippen molar-refractivity contribution in [2.24, 2.45) is 0 Å². The molecule has 7 heteroatoms. The van der Waals surface area contributed by atoms with Gasteiger partial charge < -0.3 is 15.4 Å². The molecular formula is C10H16ClN5O. The van der Waals surface area contributed by atoms with Crippen LogP contribution in [0.3, 0.4) is 0 Å². The van der Waals surface area contributed by atoms with E-state index in [1.807, 2.05) is 0 Å². The fraction of sp³-hybridized carbons (Fsp3) is 0.700.